The van der Waals surface area contributed by atoms with Gasteiger partial charge in [-0.1, -0.05) is 12.1 Å². The van der Waals surface area contributed by atoms with Crippen LogP contribution in [-0.4, -0.2) is 61.6 Å². The van der Waals surface area contributed by atoms with E-state index in [-0.39, 0.29) is 37.0 Å². The van der Waals surface area contributed by atoms with Gasteiger partial charge in [0.15, 0.2) is 0 Å². The summed E-state index contributed by atoms with van der Waals surface area (Å²) in [4.78, 5) is 30.5. The summed E-state index contributed by atoms with van der Waals surface area (Å²) in [6.45, 7) is 4.48. The van der Waals surface area contributed by atoms with Crippen molar-refractivity contribution in [1.82, 2.24) is 9.80 Å². The first-order valence-corrected chi connectivity index (χ1v) is 10.6. The van der Waals surface area contributed by atoms with Crippen molar-refractivity contribution in [2.75, 3.05) is 33.9 Å². The van der Waals surface area contributed by atoms with E-state index in [0.29, 0.717) is 6.54 Å². The molecule has 0 N–H and O–H groups in total. The number of ether oxygens (including phenoxy) is 2. The molecule has 1 unspecified atom stereocenters. The molecule has 0 saturated carbocycles. The fourth-order valence-electron chi connectivity index (χ4n) is 3.73. The Bertz CT molecular complexity index is 847. The van der Waals surface area contributed by atoms with Crippen LogP contribution in [0.15, 0.2) is 35.7 Å². The van der Waals surface area contributed by atoms with E-state index >= 15 is 0 Å². The van der Waals surface area contributed by atoms with E-state index in [2.05, 4.69) is 11.4 Å². The normalized spacial score (nSPS) is 15.9. The number of nitrogens with zero attached hydrogens (tertiary/aromatic N) is 2. The largest absolute Gasteiger partial charge is 0.497 e. The molecule has 0 aliphatic carbocycles. The van der Waals surface area contributed by atoms with Crippen molar-refractivity contribution >= 4 is 23.2 Å². The standard InChI is InChI=1S/C22H28N2O4S/c1-15(2)24(21(26)14-27-3)13-20(25)23-11-9-19-18(10-12-29-19)22(23)16-5-7-17(28-4)8-6-16/h5-8,10,12,15,22H,9,11,13-14H2,1-4H3. The molecule has 0 spiro atoms. The van der Waals surface area contributed by atoms with E-state index in [1.165, 1.54) is 17.6 Å². The van der Waals surface area contributed by atoms with E-state index < -0.39 is 0 Å². The Hall–Kier alpha value is -2.38. The molecule has 1 atom stereocenters. The van der Waals surface area contributed by atoms with Gasteiger partial charge in [-0.2, -0.15) is 0 Å². The minimum absolute atomic E-state index is 0.0257. The van der Waals surface area contributed by atoms with Gasteiger partial charge >= 0.3 is 0 Å². The number of amides is 2. The van der Waals surface area contributed by atoms with Crippen molar-refractivity contribution < 1.29 is 19.1 Å². The van der Waals surface area contributed by atoms with Gasteiger partial charge in [-0.25, -0.2) is 0 Å². The van der Waals surface area contributed by atoms with Gasteiger partial charge in [-0.05, 0) is 55.0 Å². The molecule has 156 valence electrons. The zero-order valence-electron chi connectivity index (χ0n) is 17.4. The third-order valence-corrected chi connectivity index (χ3v) is 6.23. The topological polar surface area (TPSA) is 59.1 Å². The Kier molecular flexibility index (Phi) is 6.92. The fourth-order valence-corrected chi connectivity index (χ4v) is 4.64. The highest BCUT2D eigenvalue weighted by atomic mass is 32.1. The number of carbonyl (C=O) groups excluding carboxylic acids is 2. The number of fused-ring (bicyclic) bond motifs is 1. The summed E-state index contributed by atoms with van der Waals surface area (Å²) in [6.07, 6.45) is 0.832. The van der Waals surface area contributed by atoms with E-state index in [1.807, 2.05) is 43.0 Å². The Balaban J connectivity index is 1.89. The number of hydrogen-bond donors (Lipinski definition) is 0. The van der Waals surface area contributed by atoms with Crippen LogP contribution in [0.1, 0.15) is 35.9 Å². The number of rotatable bonds is 7. The summed E-state index contributed by atoms with van der Waals surface area (Å²) in [5, 5.41) is 2.08. The van der Waals surface area contributed by atoms with Crippen LogP contribution in [0, 0.1) is 0 Å². The molecular weight excluding hydrogens is 388 g/mol. The smallest absolute Gasteiger partial charge is 0.249 e. The third kappa shape index (κ3) is 4.62. The van der Waals surface area contributed by atoms with Crippen LogP contribution in [0.2, 0.25) is 0 Å². The predicted octanol–water partition coefficient (Wildman–Crippen LogP) is 3.11. The van der Waals surface area contributed by atoms with E-state index in [4.69, 9.17) is 9.47 Å². The number of methoxy groups -OCH3 is 2. The zero-order valence-corrected chi connectivity index (χ0v) is 18.2. The van der Waals surface area contributed by atoms with Crippen molar-refractivity contribution in [3.8, 4) is 5.75 Å². The Morgan fingerprint density at radius 2 is 1.93 bits per heavy atom. The van der Waals surface area contributed by atoms with Crippen molar-refractivity contribution in [2.24, 2.45) is 0 Å². The van der Waals surface area contributed by atoms with Crippen molar-refractivity contribution in [2.45, 2.75) is 32.4 Å². The van der Waals surface area contributed by atoms with E-state index in [0.717, 1.165) is 17.7 Å². The lowest BCUT2D eigenvalue weighted by molar-refractivity contribution is -0.145. The molecule has 1 aliphatic heterocycles. The molecule has 0 bridgehead atoms. The number of thiophene rings is 1. The van der Waals surface area contributed by atoms with Crippen LogP contribution in [-0.2, 0) is 20.7 Å². The molecule has 1 aromatic heterocycles. The van der Waals surface area contributed by atoms with Crippen molar-refractivity contribution in [3.63, 3.8) is 0 Å². The Labute approximate surface area is 176 Å². The second-order valence-electron chi connectivity index (χ2n) is 7.36. The molecule has 2 aromatic rings. The molecule has 0 saturated heterocycles. The van der Waals surface area contributed by atoms with Gasteiger partial charge < -0.3 is 19.3 Å². The minimum Gasteiger partial charge on any atom is -0.497 e. The van der Waals surface area contributed by atoms with Crippen LogP contribution in [0.25, 0.3) is 0 Å². The van der Waals surface area contributed by atoms with Crippen LogP contribution in [0.3, 0.4) is 0 Å². The van der Waals surface area contributed by atoms with Gasteiger partial charge in [-0.3, -0.25) is 9.59 Å². The average molecular weight is 417 g/mol. The van der Waals surface area contributed by atoms with Gasteiger partial charge in [0, 0.05) is 24.6 Å². The second-order valence-corrected chi connectivity index (χ2v) is 8.36. The molecular formula is C22H28N2O4S. The highest BCUT2D eigenvalue weighted by Crippen LogP contribution is 2.38. The first-order valence-electron chi connectivity index (χ1n) is 9.74. The lowest BCUT2D eigenvalue weighted by atomic mass is 9.93. The maximum atomic E-state index is 13.3. The molecule has 2 heterocycles. The summed E-state index contributed by atoms with van der Waals surface area (Å²) in [6, 6.07) is 9.71. The van der Waals surface area contributed by atoms with Crippen LogP contribution >= 0.6 is 11.3 Å². The van der Waals surface area contributed by atoms with Crippen molar-refractivity contribution in [3.05, 3.63) is 51.7 Å². The van der Waals surface area contributed by atoms with Gasteiger partial charge in [-0.15, -0.1) is 11.3 Å². The van der Waals surface area contributed by atoms with Gasteiger partial charge in [0.05, 0.1) is 13.2 Å². The number of carbonyl (C=O) groups is 2. The summed E-state index contributed by atoms with van der Waals surface area (Å²) in [5.74, 6) is 0.551. The number of hydrogen-bond acceptors (Lipinski definition) is 5. The van der Waals surface area contributed by atoms with Crippen LogP contribution < -0.4 is 4.74 Å². The Morgan fingerprint density at radius 3 is 2.55 bits per heavy atom. The maximum Gasteiger partial charge on any atom is 0.249 e. The van der Waals surface area contributed by atoms with Crippen LogP contribution in [0.5, 0.6) is 5.75 Å². The maximum absolute atomic E-state index is 13.3. The molecule has 29 heavy (non-hydrogen) atoms. The highest BCUT2D eigenvalue weighted by Gasteiger charge is 2.34. The molecule has 6 nitrogen and oxygen atoms in total. The molecule has 0 radical (unpaired) electrons. The molecule has 3 rings (SSSR count). The average Bonchev–Trinajstić information content (AvgIpc) is 3.20. The molecule has 0 fully saturated rings. The predicted molar refractivity (Wildman–Crippen MR) is 113 cm³/mol. The van der Waals surface area contributed by atoms with Gasteiger partial charge in [0.2, 0.25) is 11.8 Å². The highest BCUT2D eigenvalue weighted by molar-refractivity contribution is 7.10. The van der Waals surface area contributed by atoms with Gasteiger partial charge in [0.25, 0.3) is 0 Å². The number of benzene rings is 1. The molecule has 2 amide bonds. The molecule has 1 aliphatic rings. The molecule has 1 aromatic carbocycles. The first-order chi connectivity index (χ1) is 14.0. The monoisotopic (exact) mass is 416 g/mol. The summed E-state index contributed by atoms with van der Waals surface area (Å²) in [7, 11) is 3.13. The lowest BCUT2D eigenvalue weighted by Crippen LogP contribution is -2.49. The fraction of sp³-hybridized carbons (Fsp3) is 0.455. The van der Waals surface area contributed by atoms with Crippen molar-refractivity contribution in [1.29, 1.82) is 0 Å². The summed E-state index contributed by atoms with van der Waals surface area (Å²) in [5.41, 5.74) is 2.21. The molecule has 7 heteroatoms. The quantitative estimate of drug-likeness (QED) is 0.696. The SMILES string of the molecule is COCC(=O)N(CC(=O)N1CCc2sccc2C1c1ccc(OC)cc1)C(C)C. The summed E-state index contributed by atoms with van der Waals surface area (Å²) >= 11 is 1.73. The lowest BCUT2D eigenvalue weighted by Gasteiger charge is -2.38. The second kappa shape index (κ2) is 9.41. The summed E-state index contributed by atoms with van der Waals surface area (Å²) < 4.78 is 10.3. The van der Waals surface area contributed by atoms with E-state index in [1.54, 1.807) is 23.3 Å². The van der Waals surface area contributed by atoms with Gasteiger partial charge in [0.1, 0.15) is 18.9 Å². The van der Waals surface area contributed by atoms with E-state index in [9.17, 15) is 9.59 Å². The zero-order chi connectivity index (χ0) is 21.0. The van der Waals surface area contributed by atoms with Crippen LogP contribution in [0.4, 0.5) is 0 Å². The Morgan fingerprint density at radius 1 is 1.21 bits per heavy atom. The third-order valence-electron chi connectivity index (χ3n) is 5.23. The first kappa shape index (κ1) is 21.3. The minimum atomic E-state index is -0.176.